The molecular formula is C19H18N4. The normalized spacial score (nSPS) is 11.1. The average molecular weight is 302 g/mol. The van der Waals surface area contributed by atoms with Crippen LogP contribution >= 0.6 is 0 Å². The van der Waals surface area contributed by atoms with E-state index in [-0.39, 0.29) is 0 Å². The molecule has 0 aliphatic carbocycles. The molecule has 23 heavy (non-hydrogen) atoms. The molecule has 0 saturated carbocycles. The Kier molecular flexibility index (Phi) is 3.64. The maximum Gasteiger partial charge on any atom is 0.0945 e. The quantitative estimate of drug-likeness (QED) is 0.446. The first kappa shape index (κ1) is 13.8. The molecule has 0 fully saturated rings. The third-order valence-electron chi connectivity index (χ3n) is 4.04. The number of aromatic nitrogens is 3. The number of benzene rings is 2. The molecule has 0 saturated heterocycles. The van der Waals surface area contributed by atoms with Crippen LogP contribution in [0.5, 0.6) is 0 Å². The number of hydrogen-bond donors (Lipinski definition) is 1. The van der Waals surface area contributed by atoms with Gasteiger partial charge in [-0.2, -0.15) is 0 Å². The van der Waals surface area contributed by atoms with Gasteiger partial charge in [-0.05, 0) is 18.6 Å². The average Bonchev–Trinajstić information content (AvgIpc) is 3.11. The second kappa shape index (κ2) is 6.08. The van der Waals surface area contributed by atoms with Crippen LogP contribution in [-0.4, -0.2) is 21.1 Å². The summed E-state index contributed by atoms with van der Waals surface area (Å²) in [5, 5.41) is 5.97. The minimum absolute atomic E-state index is 0.913. The monoisotopic (exact) mass is 302 g/mol. The van der Waals surface area contributed by atoms with Gasteiger partial charge in [-0.25, -0.2) is 9.97 Å². The first-order valence-corrected chi connectivity index (χ1v) is 7.89. The van der Waals surface area contributed by atoms with Crippen LogP contribution < -0.4 is 5.32 Å². The van der Waals surface area contributed by atoms with Crippen LogP contribution in [0.2, 0.25) is 0 Å². The number of nitrogens with zero attached hydrogens (tertiary/aromatic N) is 3. The fourth-order valence-electron chi connectivity index (χ4n) is 2.92. The van der Waals surface area contributed by atoms with Gasteiger partial charge in [0.05, 0.1) is 23.0 Å². The number of para-hydroxylation sites is 2. The number of imidazole rings is 1. The van der Waals surface area contributed by atoms with Gasteiger partial charge in [-0.3, -0.25) is 0 Å². The highest BCUT2D eigenvalue weighted by Crippen LogP contribution is 2.30. The number of fused-ring (bicyclic) bond motifs is 2. The molecule has 1 N–H and O–H groups in total. The van der Waals surface area contributed by atoms with E-state index in [1.165, 1.54) is 16.5 Å². The van der Waals surface area contributed by atoms with Crippen molar-refractivity contribution in [2.75, 3.05) is 11.9 Å². The first-order chi connectivity index (χ1) is 11.4. The summed E-state index contributed by atoms with van der Waals surface area (Å²) in [5.41, 5.74) is 3.24. The highest BCUT2D eigenvalue weighted by Gasteiger charge is 2.07. The Morgan fingerprint density at radius 2 is 1.61 bits per heavy atom. The number of hydrogen-bond acceptors (Lipinski definition) is 3. The second-order valence-electron chi connectivity index (χ2n) is 5.60. The van der Waals surface area contributed by atoms with Gasteiger partial charge in [0.15, 0.2) is 0 Å². The van der Waals surface area contributed by atoms with Crippen molar-refractivity contribution in [2.45, 2.75) is 13.0 Å². The predicted molar refractivity (Wildman–Crippen MR) is 94.6 cm³/mol. The van der Waals surface area contributed by atoms with Gasteiger partial charge in [0, 0.05) is 36.3 Å². The third kappa shape index (κ3) is 2.75. The summed E-state index contributed by atoms with van der Waals surface area (Å²) >= 11 is 0. The molecule has 0 amide bonds. The van der Waals surface area contributed by atoms with E-state index in [1.807, 2.05) is 30.9 Å². The number of aryl methyl sites for hydroxylation is 1. The minimum atomic E-state index is 0.913. The van der Waals surface area contributed by atoms with Crippen molar-refractivity contribution >= 4 is 27.5 Å². The van der Waals surface area contributed by atoms with E-state index in [0.717, 1.165) is 30.5 Å². The van der Waals surface area contributed by atoms with Gasteiger partial charge in [0.25, 0.3) is 0 Å². The third-order valence-corrected chi connectivity index (χ3v) is 4.04. The molecule has 2 aromatic carbocycles. The summed E-state index contributed by atoms with van der Waals surface area (Å²) in [7, 11) is 0. The smallest absolute Gasteiger partial charge is 0.0945 e. The molecule has 0 aliphatic heterocycles. The number of nitrogens with one attached hydrogen (secondary N) is 1. The van der Waals surface area contributed by atoms with E-state index in [0.29, 0.717) is 0 Å². The molecule has 4 rings (SSSR count). The molecule has 0 aliphatic rings. The van der Waals surface area contributed by atoms with Gasteiger partial charge in [0.2, 0.25) is 0 Å². The maximum absolute atomic E-state index is 4.75. The molecule has 0 unspecified atom stereocenters. The molecule has 114 valence electrons. The fourth-order valence-corrected chi connectivity index (χ4v) is 2.92. The zero-order chi connectivity index (χ0) is 15.5. The zero-order valence-corrected chi connectivity index (χ0v) is 12.8. The van der Waals surface area contributed by atoms with Gasteiger partial charge < -0.3 is 9.88 Å². The van der Waals surface area contributed by atoms with Crippen molar-refractivity contribution in [1.29, 1.82) is 0 Å². The highest BCUT2D eigenvalue weighted by molar-refractivity contribution is 6.07. The number of rotatable bonds is 5. The molecule has 4 aromatic rings. The molecule has 4 nitrogen and oxygen atoms in total. The number of anilines is 1. The van der Waals surface area contributed by atoms with Crippen LogP contribution in [0, 0.1) is 0 Å². The van der Waals surface area contributed by atoms with Crippen LogP contribution in [0.1, 0.15) is 6.42 Å². The zero-order valence-electron chi connectivity index (χ0n) is 12.8. The molecule has 4 heteroatoms. The van der Waals surface area contributed by atoms with E-state index >= 15 is 0 Å². The molecule has 2 aromatic heterocycles. The van der Waals surface area contributed by atoms with Crippen molar-refractivity contribution in [2.24, 2.45) is 0 Å². The topological polar surface area (TPSA) is 42.7 Å². The standard InChI is InChI=1S/C19H18N4/c1-3-8-17-15(6-1)19(16-7-2-4-9-18(16)22-17)21-10-5-12-23-13-11-20-14-23/h1-4,6-9,11,13-14H,5,10,12H2,(H,21,22). The van der Waals surface area contributed by atoms with Crippen LogP contribution in [0.15, 0.2) is 67.3 Å². The Hall–Kier alpha value is -2.88. The lowest BCUT2D eigenvalue weighted by Crippen LogP contribution is -2.07. The summed E-state index contributed by atoms with van der Waals surface area (Å²) < 4.78 is 2.10. The Morgan fingerprint density at radius 1 is 0.913 bits per heavy atom. The van der Waals surface area contributed by atoms with Crippen LogP contribution in [0.4, 0.5) is 5.69 Å². The Morgan fingerprint density at radius 3 is 2.26 bits per heavy atom. The SMILES string of the molecule is c1ccc2c(NCCCn3ccnc3)c3ccccc3nc2c1. The van der Waals surface area contributed by atoms with Gasteiger partial charge in [-0.15, -0.1) is 0 Å². The number of pyridine rings is 1. The maximum atomic E-state index is 4.75. The molecular weight excluding hydrogens is 284 g/mol. The summed E-state index contributed by atoms with van der Waals surface area (Å²) in [4.78, 5) is 8.83. The van der Waals surface area contributed by atoms with Crippen LogP contribution in [-0.2, 0) is 6.54 Å². The van der Waals surface area contributed by atoms with Gasteiger partial charge >= 0.3 is 0 Å². The largest absolute Gasteiger partial charge is 0.384 e. The Labute approximate surface area is 134 Å². The van der Waals surface area contributed by atoms with Crippen molar-refractivity contribution in [1.82, 2.24) is 14.5 Å². The highest BCUT2D eigenvalue weighted by atomic mass is 15.0. The van der Waals surface area contributed by atoms with Crippen molar-refractivity contribution < 1.29 is 0 Å². The summed E-state index contributed by atoms with van der Waals surface area (Å²) in [6.45, 7) is 1.88. The van der Waals surface area contributed by atoms with E-state index in [2.05, 4.69) is 51.3 Å². The lowest BCUT2D eigenvalue weighted by Gasteiger charge is -2.13. The van der Waals surface area contributed by atoms with E-state index < -0.39 is 0 Å². The van der Waals surface area contributed by atoms with Crippen molar-refractivity contribution in [3.63, 3.8) is 0 Å². The van der Waals surface area contributed by atoms with Crippen LogP contribution in [0.3, 0.4) is 0 Å². The van der Waals surface area contributed by atoms with E-state index in [1.54, 1.807) is 0 Å². The Bertz CT molecular complexity index is 875. The molecule has 0 bridgehead atoms. The first-order valence-electron chi connectivity index (χ1n) is 7.89. The summed E-state index contributed by atoms with van der Waals surface area (Å²) in [5.74, 6) is 0. The molecule has 0 radical (unpaired) electrons. The lowest BCUT2D eigenvalue weighted by atomic mass is 10.1. The van der Waals surface area contributed by atoms with E-state index in [9.17, 15) is 0 Å². The summed E-state index contributed by atoms with van der Waals surface area (Å²) in [6, 6.07) is 16.6. The van der Waals surface area contributed by atoms with Crippen LogP contribution in [0.25, 0.3) is 21.8 Å². The van der Waals surface area contributed by atoms with Gasteiger partial charge in [-0.1, -0.05) is 36.4 Å². The van der Waals surface area contributed by atoms with E-state index in [4.69, 9.17) is 4.98 Å². The second-order valence-corrected chi connectivity index (χ2v) is 5.60. The van der Waals surface area contributed by atoms with Crippen molar-refractivity contribution in [3.05, 3.63) is 67.3 Å². The van der Waals surface area contributed by atoms with Gasteiger partial charge in [0.1, 0.15) is 0 Å². The minimum Gasteiger partial charge on any atom is -0.384 e. The predicted octanol–water partition coefficient (Wildman–Crippen LogP) is 4.09. The Balaban J connectivity index is 1.63. The molecule has 0 atom stereocenters. The molecule has 2 heterocycles. The molecule has 0 spiro atoms. The van der Waals surface area contributed by atoms with Crippen molar-refractivity contribution in [3.8, 4) is 0 Å². The fraction of sp³-hybridized carbons (Fsp3) is 0.158. The summed E-state index contributed by atoms with van der Waals surface area (Å²) in [6.07, 6.45) is 6.72. The lowest BCUT2D eigenvalue weighted by molar-refractivity contribution is 0.661.